The monoisotopic (exact) mass is 328 g/mol. The molecule has 6 nitrogen and oxygen atoms in total. The number of nitriles is 1. The minimum Gasteiger partial charge on any atom is -0.372 e. The summed E-state index contributed by atoms with van der Waals surface area (Å²) in [5.41, 5.74) is -0.445. The Hall–Kier alpha value is -2.55. The average Bonchev–Trinajstić information content (AvgIpc) is 2.54. The number of nitrogens with one attached hydrogen (secondary N) is 2. The molecule has 1 saturated heterocycles. The predicted octanol–water partition coefficient (Wildman–Crippen LogP) is 2.53. The van der Waals surface area contributed by atoms with Gasteiger partial charge in [-0.1, -0.05) is 18.2 Å². The summed E-state index contributed by atoms with van der Waals surface area (Å²) in [5, 5.41) is 15.3. The number of urea groups is 1. The fourth-order valence-electron chi connectivity index (χ4n) is 2.81. The molecule has 1 aromatic carbocycles. The Morgan fingerprint density at radius 3 is 2.25 bits per heavy atom. The van der Waals surface area contributed by atoms with Crippen molar-refractivity contribution in [3.63, 3.8) is 0 Å². The van der Waals surface area contributed by atoms with E-state index in [0.717, 1.165) is 5.69 Å². The standard InChI is InChI=1S/C18H24N4O2/c1-17(2,3)21-16(24)22-11-9-18(10-12-22,15(23)13-19)20-14-7-5-4-6-8-14/h4-8,20H,9-12H2,1-3H3,(H,21,24). The summed E-state index contributed by atoms with van der Waals surface area (Å²) in [5.74, 6) is -0.484. The van der Waals surface area contributed by atoms with E-state index in [0.29, 0.717) is 25.9 Å². The third kappa shape index (κ3) is 4.25. The van der Waals surface area contributed by atoms with Gasteiger partial charge in [0.2, 0.25) is 0 Å². The Kier molecular flexibility index (Phi) is 5.13. The highest BCUT2D eigenvalue weighted by Crippen LogP contribution is 2.28. The molecule has 1 aliphatic heterocycles. The highest BCUT2D eigenvalue weighted by atomic mass is 16.2. The van der Waals surface area contributed by atoms with Gasteiger partial charge in [0.05, 0.1) is 0 Å². The van der Waals surface area contributed by atoms with E-state index in [1.807, 2.05) is 51.1 Å². The molecule has 1 fully saturated rings. The van der Waals surface area contributed by atoms with E-state index in [1.54, 1.807) is 11.0 Å². The number of anilines is 1. The lowest BCUT2D eigenvalue weighted by Gasteiger charge is -2.41. The van der Waals surface area contributed by atoms with Crippen LogP contribution >= 0.6 is 0 Å². The number of piperidine rings is 1. The Morgan fingerprint density at radius 2 is 1.75 bits per heavy atom. The van der Waals surface area contributed by atoms with Crippen LogP contribution in [0.3, 0.4) is 0 Å². The fourth-order valence-corrected chi connectivity index (χ4v) is 2.81. The number of hydrogen-bond donors (Lipinski definition) is 2. The molecular weight excluding hydrogens is 304 g/mol. The number of nitrogens with zero attached hydrogens (tertiary/aromatic N) is 2. The summed E-state index contributed by atoms with van der Waals surface area (Å²) in [7, 11) is 0. The zero-order valence-corrected chi connectivity index (χ0v) is 14.4. The van der Waals surface area contributed by atoms with Gasteiger partial charge < -0.3 is 15.5 Å². The van der Waals surface area contributed by atoms with Gasteiger partial charge in [0.25, 0.3) is 5.78 Å². The van der Waals surface area contributed by atoms with Crippen molar-refractivity contribution < 1.29 is 9.59 Å². The van der Waals surface area contributed by atoms with Crippen molar-refractivity contribution >= 4 is 17.5 Å². The third-order valence-electron chi connectivity index (χ3n) is 4.08. The molecule has 2 N–H and O–H groups in total. The zero-order valence-electron chi connectivity index (χ0n) is 14.4. The molecule has 0 bridgehead atoms. The van der Waals surface area contributed by atoms with E-state index in [-0.39, 0.29) is 11.6 Å². The molecule has 0 radical (unpaired) electrons. The van der Waals surface area contributed by atoms with Crippen LogP contribution in [0.25, 0.3) is 0 Å². The van der Waals surface area contributed by atoms with Crippen molar-refractivity contribution in [3.05, 3.63) is 30.3 Å². The summed E-state index contributed by atoms with van der Waals surface area (Å²) >= 11 is 0. The topological polar surface area (TPSA) is 85.2 Å². The van der Waals surface area contributed by atoms with Crippen molar-refractivity contribution in [3.8, 4) is 6.07 Å². The molecule has 0 aliphatic carbocycles. The molecule has 1 aromatic rings. The zero-order chi connectivity index (χ0) is 17.8. The van der Waals surface area contributed by atoms with Crippen LogP contribution in [0.2, 0.25) is 0 Å². The van der Waals surface area contributed by atoms with Crippen molar-refractivity contribution in [2.24, 2.45) is 0 Å². The van der Waals surface area contributed by atoms with Gasteiger partial charge in [-0.2, -0.15) is 5.26 Å². The molecule has 6 heteroatoms. The van der Waals surface area contributed by atoms with Crippen molar-refractivity contribution in [2.45, 2.75) is 44.7 Å². The summed E-state index contributed by atoms with van der Waals surface area (Å²) in [4.78, 5) is 26.2. The molecular formula is C18H24N4O2. The molecule has 1 heterocycles. The number of benzene rings is 1. The minimum atomic E-state index is -0.936. The van der Waals surface area contributed by atoms with Gasteiger partial charge in [0, 0.05) is 24.3 Å². The maximum Gasteiger partial charge on any atom is 0.317 e. The SMILES string of the molecule is CC(C)(C)NC(=O)N1CCC(Nc2ccccc2)(C(=O)C#N)CC1. The summed E-state index contributed by atoms with van der Waals surface area (Å²) < 4.78 is 0. The lowest BCUT2D eigenvalue weighted by Crippen LogP contribution is -2.58. The lowest BCUT2D eigenvalue weighted by atomic mass is 9.83. The lowest BCUT2D eigenvalue weighted by molar-refractivity contribution is -0.119. The van der Waals surface area contributed by atoms with Crippen LogP contribution in [-0.2, 0) is 4.79 Å². The first kappa shape index (κ1) is 17.8. The van der Waals surface area contributed by atoms with Gasteiger partial charge in [-0.3, -0.25) is 4.79 Å². The molecule has 1 aliphatic rings. The first-order valence-electron chi connectivity index (χ1n) is 8.11. The van der Waals surface area contributed by atoms with Crippen LogP contribution in [0.15, 0.2) is 30.3 Å². The Bertz CT molecular complexity index is 635. The Labute approximate surface area is 142 Å². The number of para-hydroxylation sites is 1. The molecule has 24 heavy (non-hydrogen) atoms. The van der Waals surface area contributed by atoms with E-state index in [9.17, 15) is 9.59 Å². The molecule has 2 rings (SSSR count). The summed E-state index contributed by atoms with van der Waals surface area (Å²) in [6.45, 7) is 6.63. The van der Waals surface area contributed by atoms with Gasteiger partial charge in [-0.15, -0.1) is 0 Å². The number of rotatable bonds is 3. The second-order valence-electron chi connectivity index (χ2n) is 7.18. The molecule has 128 valence electrons. The van der Waals surface area contributed by atoms with Crippen LogP contribution in [0.5, 0.6) is 0 Å². The summed E-state index contributed by atoms with van der Waals surface area (Å²) in [6.07, 6.45) is 0.817. The molecule has 0 atom stereocenters. The van der Waals surface area contributed by atoms with Crippen LogP contribution in [0, 0.1) is 11.3 Å². The van der Waals surface area contributed by atoms with E-state index >= 15 is 0 Å². The van der Waals surface area contributed by atoms with Gasteiger partial charge in [-0.05, 0) is 45.7 Å². The third-order valence-corrected chi connectivity index (χ3v) is 4.08. The van der Waals surface area contributed by atoms with E-state index in [1.165, 1.54) is 0 Å². The van der Waals surface area contributed by atoms with Crippen molar-refractivity contribution in [1.29, 1.82) is 5.26 Å². The van der Waals surface area contributed by atoms with E-state index in [4.69, 9.17) is 5.26 Å². The van der Waals surface area contributed by atoms with Gasteiger partial charge >= 0.3 is 6.03 Å². The highest BCUT2D eigenvalue weighted by Gasteiger charge is 2.42. The first-order chi connectivity index (χ1) is 11.3. The largest absolute Gasteiger partial charge is 0.372 e. The maximum atomic E-state index is 12.3. The van der Waals surface area contributed by atoms with Crippen LogP contribution in [0.4, 0.5) is 10.5 Å². The van der Waals surface area contributed by atoms with Gasteiger partial charge in [0.15, 0.2) is 0 Å². The number of likely N-dealkylation sites (tertiary alicyclic amines) is 1. The number of amides is 2. The second-order valence-corrected chi connectivity index (χ2v) is 7.18. The molecule has 0 saturated carbocycles. The molecule has 2 amide bonds. The van der Waals surface area contributed by atoms with Crippen molar-refractivity contribution in [2.75, 3.05) is 18.4 Å². The number of carbonyl (C=O) groups excluding carboxylic acids is 2. The molecule has 0 spiro atoms. The average molecular weight is 328 g/mol. The Balaban J connectivity index is 2.09. The number of carbonyl (C=O) groups is 2. The van der Waals surface area contributed by atoms with E-state index < -0.39 is 11.3 Å². The quantitative estimate of drug-likeness (QED) is 0.835. The minimum absolute atomic E-state index is 0.139. The van der Waals surface area contributed by atoms with Gasteiger partial charge in [-0.25, -0.2) is 4.79 Å². The van der Waals surface area contributed by atoms with Crippen LogP contribution in [-0.4, -0.2) is 40.9 Å². The summed E-state index contributed by atoms with van der Waals surface area (Å²) in [6, 6.07) is 11.0. The van der Waals surface area contributed by atoms with Crippen LogP contribution in [0.1, 0.15) is 33.6 Å². The van der Waals surface area contributed by atoms with Crippen LogP contribution < -0.4 is 10.6 Å². The van der Waals surface area contributed by atoms with Gasteiger partial charge in [0.1, 0.15) is 11.6 Å². The first-order valence-corrected chi connectivity index (χ1v) is 8.11. The number of ketones is 1. The number of Topliss-reactive ketones (excluding diaryl/α,β-unsaturated/α-hetero) is 1. The second kappa shape index (κ2) is 6.91. The molecule has 0 unspecified atom stereocenters. The molecule has 0 aromatic heterocycles. The Morgan fingerprint density at radius 1 is 1.17 bits per heavy atom. The smallest absolute Gasteiger partial charge is 0.317 e. The van der Waals surface area contributed by atoms with Crippen molar-refractivity contribution in [1.82, 2.24) is 10.2 Å². The highest BCUT2D eigenvalue weighted by molar-refractivity contribution is 6.03. The fraction of sp³-hybridized carbons (Fsp3) is 0.500. The maximum absolute atomic E-state index is 12.3. The number of hydrogen-bond acceptors (Lipinski definition) is 4. The normalized spacial score (nSPS) is 16.8. The predicted molar refractivity (Wildman–Crippen MR) is 92.5 cm³/mol. The van der Waals surface area contributed by atoms with E-state index in [2.05, 4.69) is 10.6 Å².